The fourth-order valence-electron chi connectivity index (χ4n) is 5.20. The highest BCUT2D eigenvalue weighted by atomic mass is 19.1. The second kappa shape index (κ2) is 9.59. The van der Waals surface area contributed by atoms with Crippen molar-refractivity contribution in [3.8, 4) is 11.8 Å². The van der Waals surface area contributed by atoms with Crippen molar-refractivity contribution in [2.45, 2.75) is 32.0 Å². The molecule has 1 unspecified atom stereocenters. The first kappa shape index (κ1) is 23.8. The molecule has 0 aromatic heterocycles. The van der Waals surface area contributed by atoms with Gasteiger partial charge in [-0.15, -0.1) is 0 Å². The number of benzene rings is 2. The predicted molar refractivity (Wildman–Crippen MR) is 128 cm³/mol. The quantitative estimate of drug-likeness (QED) is 0.636. The highest BCUT2D eigenvalue weighted by molar-refractivity contribution is 6.06. The van der Waals surface area contributed by atoms with Crippen LogP contribution in [0.1, 0.15) is 39.9 Å². The molecule has 36 heavy (non-hydrogen) atoms. The number of rotatable bonds is 5. The van der Waals surface area contributed by atoms with Gasteiger partial charge in [0, 0.05) is 62.5 Å². The minimum absolute atomic E-state index is 0.168. The van der Waals surface area contributed by atoms with Crippen molar-refractivity contribution in [1.82, 2.24) is 15.1 Å². The molecule has 2 fully saturated rings. The van der Waals surface area contributed by atoms with E-state index < -0.39 is 17.8 Å². The smallest absolute Gasteiger partial charge is 0.255 e. The Labute approximate surface area is 208 Å². The number of fused-ring (bicyclic) bond motifs is 1. The molecule has 0 spiro atoms. The number of nitriles is 1. The number of carbonyl (C=O) groups excluding carboxylic acids is 3. The predicted octanol–water partition coefficient (Wildman–Crippen LogP) is 1.79. The second-order valence-corrected chi connectivity index (χ2v) is 9.25. The Kier molecular flexibility index (Phi) is 6.33. The van der Waals surface area contributed by atoms with Crippen molar-refractivity contribution >= 4 is 23.4 Å². The zero-order chi connectivity index (χ0) is 25.4. The van der Waals surface area contributed by atoms with E-state index in [0.29, 0.717) is 55.3 Å². The van der Waals surface area contributed by atoms with E-state index in [2.05, 4.69) is 21.2 Å². The average Bonchev–Trinajstić information content (AvgIpc) is 3.20. The molecule has 3 heterocycles. The summed E-state index contributed by atoms with van der Waals surface area (Å²) in [4.78, 5) is 42.7. The van der Waals surface area contributed by atoms with E-state index in [-0.39, 0.29) is 36.8 Å². The molecule has 2 saturated heterocycles. The van der Waals surface area contributed by atoms with Gasteiger partial charge in [-0.2, -0.15) is 5.26 Å². The number of anilines is 1. The molecular formula is C26H26FN5O4. The summed E-state index contributed by atoms with van der Waals surface area (Å²) in [6.45, 7) is 3.47. The summed E-state index contributed by atoms with van der Waals surface area (Å²) in [6, 6.07) is 9.64. The fourth-order valence-corrected chi connectivity index (χ4v) is 5.20. The summed E-state index contributed by atoms with van der Waals surface area (Å²) in [5.41, 5.74) is 3.14. The number of ether oxygens (including phenoxy) is 1. The molecule has 2 aromatic rings. The zero-order valence-electron chi connectivity index (χ0n) is 19.9. The van der Waals surface area contributed by atoms with E-state index in [1.807, 2.05) is 12.1 Å². The van der Waals surface area contributed by atoms with Gasteiger partial charge in [-0.05, 0) is 36.2 Å². The van der Waals surface area contributed by atoms with Crippen molar-refractivity contribution in [1.29, 1.82) is 5.26 Å². The fraction of sp³-hybridized carbons (Fsp3) is 0.385. The maximum absolute atomic E-state index is 14.6. The summed E-state index contributed by atoms with van der Waals surface area (Å²) in [7, 11) is 1.57. The maximum Gasteiger partial charge on any atom is 0.255 e. The Morgan fingerprint density at radius 1 is 1.14 bits per heavy atom. The normalized spacial score (nSPS) is 20.2. The molecule has 0 bridgehead atoms. The van der Waals surface area contributed by atoms with Crippen LogP contribution in [0.4, 0.5) is 10.1 Å². The number of nitrogens with one attached hydrogen (secondary N) is 1. The van der Waals surface area contributed by atoms with E-state index in [4.69, 9.17) is 4.74 Å². The van der Waals surface area contributed by atoms with E-state index in [1.165, 1.54) is 17.0 Å². The Morgan fingerprint density at radius 2 is 1.92 bits per heavy atom. The van der Waals surface area contributed by atoms with Crippen LogP contribution in [-0.4, -0.2) is 66.9 Å². The molecule has 5 rings (SSSR count). The SMILES string of the molecule is COc1ccc(CN2CCN(c3cc(F)cc4c3CN(C3CCC(=O)NC3=O)C4=O)CC2)c(C#N)c1. The van der Waals surface area contributed by atoms with Crippen molar-refractivity contribution in [2.24, 2.45) is 0 Å². The number of methoxy groups -OCH3 is 1. The topological polar surface area (TPSA) is 106 Å². The third-order valence-electron chi connectivity index (χ3n) is 7.14. The van der Waals surface area contributed by atoms with Crippen LogP contribution in [0, 0.1) is 17.1 Å². The van der Waals surface area contributed by atoms with E-state index in [9.17, 15) is 24.0 Å². The van der Waals surface area contributed by atoms with Gasteiger partial charge in [0.25, 0.3) is 5.91 Å². The van der Waals surface area contributed by atoms with E-state index in [0.717, 1.165) is 5.56 Å². The van der Waals surface area contributed by atoms with Crippen molar-refractivity contribution in [3.05, 3.63) is 58.4 Å². The molecule has 1 atom stereocenters. The number of hydrogen-bond donors (Lipinski definition) is 1. The lowest BCUT2D eigenvalue weighted by atomic mass is 10.0. The number of piperidine rings is 1. The number of amides is 3. The van der Waals surface area contributed by atoms with Gasteiger partial charge in [-0.3, -0.25) is 24.6 Å². The maximum atomic E-state index is 14.6. The molecule has 3 amide bonds. The third kappa shape index (κ3) is 4.38. The molecule has 0 aliphatic carbocycles. The minimum Gasteiger partial charge on any atom is -0.497 e. The van der Waals surface area contributed by atoms with Crippen LogP contribution in [0.2, 0.25) is 0 Å². The van der Waals surface area contributed by atoms with Gasteiger partial charge in [0.05, 0.1) is 18.7 Å². The number of halogens is 1. The molecule has 3 aliphatic heterocycles. The van der Waals surface area contributed by atoms with Crippen LogP contribution in [0.3, 0.4) is 0 Å². The summed E-state index contributed by atoms with van der Waals surface area (Å²) >= 11 is 0. The van der Waals surface area contributed by atoms with Crippen LogP contribution in [0.25, 0.3) is 0 Å². The van der Waals surface area contributed by atoms with Gasteiger partial charge in [-0.1, -0.05) is 6.07 Å². The second-order valence-electron chi connectivity index (χ2n) is 9.25. The lowest BCUT2D eigenvalue weighted by Gasteiger charge is -2.37. The van der Waals surface area contributed by atoms with Crippen LogP contribution < -0.4 is 15.0 Å². The Hall–Kier alpha value is -3.97. The molecule has 1 N–H and O–H groups in total. The van der Waals surface area contributed by atoms with Gasteiger partial charge in [0.2, 0.25) is 11.8 Å². The van der Waals surface area contributed by atoms with Gasteiger partial charge in [-0.25, -0.2) is 4.39 Å². The molecule has 3 aliphatic rings. The number of nitrogens with zero attached hydrogens (tertiary/aromatic N) is 4. The number of hydrogen-bond acceptors (Lipinski definition) is 7. The van der Waals surface area contributed by atoms with Crippen molar-refractivity contribution in [2.75, 3.05) is 38.2 Å². The third-order valence-corrected chi connectivity index (χ3v) is 7.14. The van der Waals surface area contributed by atoms with Crippen molar-refractivity contribution in [3.63, 3.8) is 0 Å². The lowest BCUT2D eigenvalue weighted by Crippen LogP contribution is -2.52. The molecule has 0 radical (unpaired) electrons. The first-order valence-corrected chi connectivity index (χ1v) is 11.9. The molecule has 9 nitrogen and oxygen atoms in total. The Morgan fingerprint density at radius 3 is 2.61 bits per heavy atom. The lowest BCUT2D eigenvalue weighted by molar-refractivity contribution is -0.136. The van der Waals surface area contributed by atoms with Crippen LogP contribution in [-0.2, 0) is 22.7 Å². The summed E-state index contributed by atoms with van der Waals surface area (Å²) in [6.07, 6.45) is 0.429. The van der Waals surface area contributed by atoms with E-state index in [1.54, 1.807) is 13.2 Å². The number of imide groups is 1. The Balaban J connectivity index is 1.30. The average molecular weight is 492 g/mol. The molecular weight excluding hydrogens is 465 g/mol. The largest absolute Gasteiger partial charge is 0.497 e. The van der Waals surface area contributed by atoms with Crippen LogP contribution in [0.15, 0.2) is 30.3 Å². The Bertz CT molecular complexity index is 1280. The monoisotopic (exact) mass is 491 g/mol. The van der Waals surface area contributed by atoms with E-state index >= 15 is 0 Å². The molecule has 186 valence electrons. The van der Waals surface area contributed by atoms with Gasteiger partial charge in [0.1, 0.15) is 17.6 Å². The standard InChI is InChI=1S/C26H26FN5O4/c1-36-19-3-2-16(17(10-19)13-28)14-30-6-8-31(9-7-30)23-12-18(27)11-20-21(23)15-32(26(20)35)22-4-5-24(33)29-25(22)34/h2-3,10-12,22H,4-9,14-15H2,1H3,(H,29,33,34). The minimum atomic E-state index is -0.741. The first-order chi connectivity index (χ1) is 17.4. The molecule has 0 saturated carbocycles. The van der Waals surface area contributed by atoms with Gasteiger partial charge in [0.15, 0.2) is 0 Å². The number of carbonyl (C=O) groups is 3. The molecule has 2 aromatic carbocycles. The highest BCUT2D eigenvalue weighted by Crippen LogP contribution is 2.35. The van der Waals surface area contributed by atoms with Crippen LogP contribution >= 0.6 is 0 Å². The van der Waals surface area contributed by atoms with Gasteiger partial charge >= 0.3 is 0 Å². The van der Waals surface area contributed by atoms with Crippen molar-refractivity contribution < 1.29 is 23.5 Å². The number of piperazine rings is 1. The highest BCUT2D eigenvalue weighted by Gasteiger charge is 2.41. The first-order valence-electron chi connectivity index (χ1n) is 11.9. The summed E-state index contributed by atoms with van der Waals surface area (Å²) < 4.78 is 19.8. The molecule has 10 heteroatoms. The zero-order valence-corrected chi connectivity index (χ0v) is 19.9. The van der Waals surface area contributed by atoms with Crippen LogP contribution in [0.5, 0.6) is 5.75 Å². The summed E-state index contributed by atoms with van der Waals surface area (Å²) in [5.74, 6) is -1.08. The summed E-state index contributed by atoms with van der Waals surface area (Å²) in [5, 5.41) is 11.8. The van der Waals surface area contributed by atoms with Gasteiger partial charge < -0.3 is 14.5 Å².